The van der Waals surface area contributed by atoms with E-state index in [1.54, 1.807) is 0 Å². The summed E-state index contributed by atoms with van der Waals surface area (Å²) in [6, 6.07) is 0. The van der Waals surface area contributed by atoms with Crippen LogP contribution >= 0.6 is 0 Å². The van der Waals surface area contributed by atoms with Gasteiger partial charge in [0, 0.05) is 0 Å². The van der Waals surface area contributed by atoms with E-state index in [-0.39, 0.29) is 14.9 Å². The molecule has 2 N–H and O–H groups in total. The minimum atomic E-state index is 0. The van der Waals surface area contributed by atoms with E-state index in [1.807, 2.05) is 0 Å². The molecule has 10 heavy (non-hydrogen) atoms. The summed E-state index contributed by atoms with van der Waals surface area (Å²) in [5.74, 6) is 0. The van der Waals surface area contributed by atoms with Crippen LogP contribution in [0.1, 0.15) is 14.9 Å². The van der Waals surface area contributed by atoms with Gasteiger partial charge in [0.15, 0.2) is 0 Å². The molecule has 0 atom stereocenters. The first kappa shape index (κ1) is 23.4. The monoisotopic (exact) mass is 144 g/mol. The normalized spacial score (nSPS) is 4.00. The van der Waals surface area contributed by atoms with Crippen molar-refractivity contribution in [2.24, 2.45) is 9.98 Å². The number of nitrogens with one attached hydrogen (secondary N) is 2. The van der Waals surface area contributed by atoms with Crippen molar-refractivity contribution in [1.82, 2.24) is 0 Å². The van der Waals surface area contributed by atoms with Crippen LogP contribution in [0.2, 0.25) is 0 Å². The highest BCUT2D eigenvalue weighted by Crippen LogP contribution is 1.33. The maximum absolute atomic E-state index is 6.10. The number of nitrogens with zero attached hydrogens (tertiary/aromatic N) is 2. The van der Waals surface area contributed by atoms with Crippen LogP contribution in [-0.4, -0.2) is 26.1 Å². The molecule has 0 fully saturated rings. The molecular weight excluding hydrogens is 128 g/mol. The molecule has 0 heterocycles. The van der Waals surface area contributed by atoms with Crippen LogP contribution in [0.3, 0.4) is 0 Å². The van der Waals surface area contributed by atoms with E-state index in [4.69, 9.17) is 10.8 Å². The van der Waals surface area contributed by atoms with Gasteiger partial charge in [-0.2, -0.15) is 0 Å². The second kappa shape index (κ2) is 47.7. The minimum absolute atomic E-state index is 0. The molecule has 0 saturated heterocycles. The number of rotatable bonds is 2. The lowest BCUT2D eigenvalue weighted by Crippen LogP contribution is -1.44. The topological polar surface area (TPSA) is 72.4 Å². The van der Waals surface area contributed by atoms with Crippen LogP contribution in [0.15, 0.2) is 9.98 Å². The average Bonchev–Trinajstić information content (AvgIpc) is 1.88. The third-order valence-electron chi connectivity index (χ3n) is 0.183. The number of hydrogen-bond acceptors (Lipinski definition) is 2. The summed E-state index contributed by atoms with van der Waals surface area (Å²) in [4.78, 5) is 6.06. The van der Waals surface area contributed by atoms with Crippen LogP contribution in [0.4, 0.5) is 0 Å². The van der Waals surface area contributed by atoms with Crippen LogP contribution in [0.5, 0.6) is 0 Å². The summed E-state index contributed by atoms with van der Waals surface area (Å²) in [6.45, 7) is 5.97. The van der Waals surface area contributed by atoms with Crippen LogP contribution in [0, 0.1) is 10.8 Å². The van der Waals surface area contributed by atoms with Crippen molar-refractivity contribution in [3.05, 3.63) is 0 Å². The van der Waals surface area contributed by atoms with Crippen molar-refractivity contribution < 1.29 is 0 Å². The first-order valence-electron chi connectivity index (χ1n) is 1.73. The molecule has 0 radical (unpaired) electrons. The lowest BCUT2D eigenvalue weighted by Gasteiger charge is -1.47. The molecule has 0 saturated carbocycles. The molecule has 60 valence electrons. The van der Waals surface area contributed by atoms with Gasteiger partial charge in [-0.25, -0.2) is 0 Å². The fraction of sp³-hybridized carbons (Fsp3) is 0.333. The third kappa shape index (κ3) is 466. The van der Waals surface area contributed by atoms with E-state index in [0.717, 1.165) is 12.7 Å². The van der Waals surface area contributed by atoms with E-state index in [0.29, 0.717) is 0 Å². The molecule has 4 nitrogen and oxygen atoms in total. The van der Waals surface area contributed by atoms with Crippen molar-refractivity contribution in [1.29, 1.82) is 10.8 Å². The molecule has 4 heteroatoms. The summed E-state index contributed by atoms with van der Waals surface area (Å²) < 4.78 is 0. The van der Waals surface area contributed by atoms with Gasteiger partial charge in [0.1, 0.15) is 12.7 Å². The van der Waals surface area contributed by atoms with Gasteiger partial charge in [-0.1, -0.05) is 14.9 Å². The zero-order chi connectivity index (χ0) is 6.83. The molecule has 0 aliphatic carbocycles. The molecule has 0 rings (SSSR count). The molecule has 0 bridgehead atoms. The van der Waals surface area contributed by atoms with Gasteiger partial charge >= 0.3 is 0 Å². The molecule has 0 unspecified atom stereocenters. The first-order chi connectivity index (χ1) is 3.83. The van der Waals surface area contributed by atoms with Crippen molar-refractivity contribution in [3.8, 4) is 0 Å². The van der Waals surface area contributed by atoms with E-state index in [9.17, 15) is 0 Å². The standard InChI is InChI=1S/2C2H4N2.2CH4/c2*1-4-2-3;;/h2*2-3H,1H2;2*1H4. The van der Waals surface area contributed by atoms with E-state index >= 15 is 0 Å². The van der Waals surface area contributed by atoms with Gasteiger partial charge in [0.25, 0.3) is 0 Å². The predicted octanol–water partition coefficient (Wildman–Crippen LogP) is 1.86. The summed E-state index contributed by atoms with van der Waals surface area (Å²) in [5.41, 5.74) is 0. The van der Waals surface area contributed by atoms with Gasteiger partial charge in [0.05, 0.1) is 0 Å². The fourth-order valence-corrected chi connectivity index (χ4v) is 0. The maximum Gasteiger partial charge on any atom is 0.106 e. The molecule has 0 aliphatic heterocycles. The summed E-state index contributed by atoms with van der Waals surface area (Å²) in [5, 5.41) is 12.2. The van der Waals surface area contributed by atoms with Crippen molar-refractivity contribution >= 4 is 26.1 Å². The average molecular weight is 144 g/mol. The van der Waals surface area contributed by atoms with E-state index in [1.165, 1.54) is 0 Å². The summed E-state index contributed by atoms with van der Waals surface area (Å²) >= 11 is 0. The fourth-order valence-electron chi connectivity index (χ4n) is 0. The molecular formula is C6H16N4. The Labute approximate surface area is 62.7 Å². The second-order valence-corrected chi connectivity index (χ2v) is 0.623. The second-order valence-electron chi connectivity index (χ2n) is 0.623. The predicted molar refractivity (Wildman–Crippen MR) is 50.1 cm³/mol. The largest absolute Gasteiger partial charge is 0.290 e. The van der Waals surface area contributed by atoms with Crippen LogP contribution < -0.4 is 0 Å². The van der Waals surface area contributed by atoms with Crippen molar-refractivity contribution in [2.45, 2.75) is 14.9 Å². The molecule has 0 amide bonds. The quantitative estimate of drug-likeness (QED) is 0.438. The highest BCUT2D eigenvalue weighted by Gasteiger charge is 1.29. The SMILES string of the molecule is C.C.C=NC=N.C=NC=N. The summed E-state index contributed by atoms with van der Waals surface area (Å²) in [6.07, 6.45) is 1.78. The Morgan fingerprint density at radius 1 is 0.900 bits per heavy atom. The molecule has 0 aromatic rings. The molecule has 0 aliphatic rings. The Kier molecular flexibility index (Phi) is 112. The van der Waals surface area contributed by atoms with Gasteiger partial charge in [-0.05, 0) is 13.4 Å². The Balaban J connectivity index is -0.0000000300. The van der Waals surface area contributed by atoms with Crippen molar-refractivity contribution in [3.63, 3.8) is 0 Å². The van der Waals surface area contributed by atoms with Crippen LogP contribution in [0.25, 0.3) is 0 Å². The third-order valence-corrected chi connectivity index (χ3v) is 0.183. The molecule has 0 aromatic carbocycles. The van der Waals surface area contributed by atoms with Gasteiger partial charge in [-0.3, -0.25) is 20.8 Å². The maximum atomic E-state index is 6.10. The van der Waals surface area contributed by atoms with Crippen LogP contribution in [-0.2, 0) is 0 Å². The highest BCUT2D eigenvalue weighted by atomic mass is 14.7. The Bertz CT molecular complexity index is 63.7. The molecule has 0 spiro atoms. The zero-order valence-electron chi connectivity index (χ0n) is 4.46. The number of aliphatic imine (C=N–C) groups is 2. The first-order valence-corrected chi connectivity index (χ1v) is 1.73. The lowest BCUT2D eigenvalue weighted by molar-refractivity contribution is 1.53. The van der Waals surface area contributed by atoms with Crippen molar-refractivity contribution in [2.75, 3.05) is 0 Å². The molecule has 0 aromatic heterocycles. The number of hydrogen-bond donors (Lipinski definition) is 2. The Morgan fingerprint density at radius 2 is 1.00 bits per heavy atom. The van der Waals surface area contributed by atoms with Gasteiger partial charge < -0.3 is 0 Å². The zero-order valence-corrected chi connectivity index (χ0v) is 4.46. The summed E-state index contributed by atoms with van der Waals surface area (Å²) in [7, 11) is 0. The van der Waals surface area contributed by atoms with Gasteiger partial charge in [0.2, 0.25) is 0 Å². The lowest BCUT2D eigenvalue weighted by atomic mass is 11.3. The van der Waals surface area contributed by atoms with Gasteiger partial charge in [-0.15, -0.1) is 0 Å². The van der Waals surface area contributed by atoms with E-state index < -0.39 is 0 Å². The minimum Gasteiger partial charge on any atom is -0.290 e. The Hall–Kier alpha value is -1.32. The smallest absolute Gasteiger partial charge is 0.106 e. The Morgan fingerprint density at radius 3 is 1.00 bits per heavy atom. The van der Waals surface area contributed by atoms with E-state index in [2.05, 4.69) is 23.4 Å². The highest BCUT2D eigenvalue weighted by molar-refractivity contribution is 5.58.